The fourth-order valence-electron chi connectivity index (χ4n) is 6.86. The van der Waals surface area contributed by atoms with Crippen LogP contribution >= 0.6 is 0 Å². The van der Waals surface area contributed by atoms with Crippen LogP contribution in [0, 0.1) is 5.41 Å². The summed E-state index contributed by atoms with van der Waals surface area (Å²) in [7, 11) is -2.12. The third kappa shape index (κ3) is 5.73. The van der Waals surface area contributed by atoms with Gasteiger partial charge >= 0.3 is 6.36 Å². The Bertz CT molecular complexity index is 1290. The van der Waals surface area contributed by atoms with E-state index in [9.17, 15) is 13.2 Å². The Hall–Kier alpha value is -1.90. The van der Waals surface area contributed by atoms with Crippen LogP contribution in [0.4, 0.5) is 13.2 Å². The molecular formula is C33H46F3NO3Si. The van der Waals surface area contributed by atoms with Gasteiger partial charge in [-0.3, -0.25) is 4.98 Å². The van der Waals surface area contributed by atoms with Crippen molar-refractivity contribution >= 4 is 8.32 Å². The van der Waals surface area contributed by atoms with Gasteiger partial charge in [0.05, 0.1) is 11.7 Å². The van der Waals surface area contributed by atoms with Gasteiger partial charge in [-0.2, -0.15) is 0 Å². The van der Waals surface area contributed by atoms with E-state index in [2.05, 4.69) is 66.3 Å². The minimum absolute atomic E-state index is 0.0472. The largest absolute Gasteiger partial charge is 0.573 e. The predicted molar refractivity (Wildman–Crippen MR) is 158 cm³/mol. The third-order valence-corrected chi connectivity index (χ3v) is 14.3. The first-order valence-electron chi connectivity index (χ1n) is 15.1. The van der Waals surface area contributed by atoms with Gasteiger partial charge in [0, 0.05) is 22.5 Å². The number of hydrogen-bond acceptors (Lipinski definition) is 4. The number of rotatable bonds is 5. The summed E-state index contributed by atoms with van der Waals surface area (Å²) in [6.45, 7) is 20.5. The number of pyridine rings is 1. The van der Waals surface area contributed by atoms with Crippen LogP contribution in [0.3, 0.4) is 0 Å². The summed E-state index contributed by atoms with van der Waals surface area (Å²) in [5, 5.41) is 0.0630. The molecule has 1 aromatic heterocycles. The second-order valence-electron chi connectivity index (χ2n) is 15.0. The molecule has 41 heavy (non-hydrogen) atoms. The highest BCUT2D eigenvalue weighted by molar-refractivity contribution is 6.74. The number of ether oxygens (including phenoxy) is 2. The van der Waals surface area contributed by atoms with Crippen LogP contribution in [0.25, 0.3) is 0 Å². The van der Waals surface area contributed by atoms with Crippen molar-refractivity contribution < 1.29 is 27.1 Å². The standard InChI is InChI=1S/C33H46F3NO3Si/c1-20(2)28-26-27(25-23(37-28)18-31(6,7)19-24(25)40-41(8,9)30(3,4)5)32(16-10-11-17-32)39-29(26)21-12-14-22(15-13-21)38-33(34,35)36/h12-15,20,24,29H,10-11,16-19H2,1-9H3/t24?,29-/m1/s1. The van der Waals surface area contributed by atoms with Crippen molar-refractivity contribution in [1.82, 2.24) is 4.98 Å². The molecule has 2 aliphatic carbocycles. The summed E-state index contributed by atoms with van der Waals surface area (Å²) in [5.41, 5.74) is 6.21. The summed E-state index contributed by atoms with van der Waals surface area (Å²) in [4.78, 5) is 5.40. The number of alkyl halides is 3. The molecular weight excluding hydrogens is 543 g/mol. The van der Waals surface area contributed by atoms with Crippen LogP contribution < -0.4 is 4.74 Å². The minimum Gasteiger partial charge on any atom is -0.410 e. The zero-order chi connectivity index (χ0) is 30.2. The van der Waals surface area contributed by atoms with Gasteiger partial charge in [-0.05, 0) is 78.4 Å². The quantitative estimate of drug-likeness (QED) is 0.326. The van der Waals surface area contributed by atoms with Crippen LogP contribution in [-0.4, -0.2) is 19.7 Å². The van der Waals surface area contributed by atoms with Gasteiger partial charge in [0.1, 0.15) is 11.9 Å². The van der Waals surface area contributed by atoms with Crippen LogP contribution in [0.15, 0.2) is 24.3 Å². The summed E-state index contributed by atoms with van der Waals surface area (Å²) in [5.74, 6) is -0.0675. The van der Waals surface area contributed by atoms with Crippen molar-refractivity contribution in [3.05, 3.63) is 57.9 Å². The molecule has 8 heteroatoms. The van der Waals surface area contributed by atoms with Crippen LogP contribution in [0.2, 0.25) is 18.1 Å². The molecule has 2 heterocycles. The first-order valence-corrected chi connectivity index (χ1v) is 18.0. The molecule has 5 rings (SSSR count). The van der Waals surface area contributed by atoms with Gasteiger partial charge in [-0.1, -0.05) is 73.4 Å². The number of hydrogen-bond donors (Lipinski definition) is 0. The molecule has 1 fully saturated rings. The number of halogens is 3. The highest BCUT2D eigenvalue weighted by atomic mass is 28.4. The number of benzene rings is 1. The predicted octanol–water partition coefficient (Wildman–Crippen LogP) is 10.0. The minimum atomic E-state index is -4.73. The van der Waals surface area contributed by atoms with Crippen molar-refractivity contribution in [2.45, 2.75) is 135 Å². The summed E-state index contributed by atoms with van der Waals surface area (Å²) < 4.78 is 57.1. The number of fused-ring (bicyclic) bond motifs is 4. The van der Waals surface area contributed by atoms with E-state index in [1.165, 1.54) is 23.3 Å². The molecule has 4 nitrogen and oxygen atoms in total. The fraction of sp³-hybridized carbons (Fsp3) is 0.667. The van der Waals surface area contributed by atoms with Crippen molar-refractivity contribution in [2.24, 2.45) is 5.41 Å². The Labute approximate surface area is 244 Å². The molecule has 2 atom stereocenters. The lowest BCUT2D eigenvalue weighted by atomic mass is 9.70. The van der Waals surface area contributed by atoms with Crippen LogP contribution in [0.5, 0.6) is 5.75 Å². The van der Waals surface area contributed by atoms with E-state index < -0.39 is 26.4 Å². The van der Waals surface area contributed by atoms with Crippen LogP contribution in [0.1, 0.15) is 132 Å². The second kappa shape index (κ2) is 10.1. The van der Waals surface area contributed by atoms with E-state index in [0.29, 0.717) is 0 Å². The lowest BCUT2D eigenvalue weighted by Gasteiger charge is -2.45. The first-order chi connectivity index (χ1) is 18.8. The van der Waals surface area contributed by atoms with E-state index in [1.54, 1.807) is 12.1 Å². The Morgan fingerprint density at radius 2 is 1.61 bits per heavy atom. The second-order valence-corrected chi connectivity index (χ2v) is 19.8. The highest BCUT2D eigenvalue weighted by Crippen LogP contribution is 2.60. The molecule has 1 spiro atoms. The third-order valence-electron chi connectivity index (χ3n) is 9.77. The Morgan fingerprint density at radius 1 is 1.00 bits per heavy atom. The topological polar surface area (TPSA) is 40.6 Å². The van der Waals surface area contributed by atoms with Gasteiger partial charge in [-0.25, -0.2) is 0 Å². The molecule has 0 bridgehead atoms. The molecule has 1 aliphatic heterocycles. The van der Waals surface area contributed by atoms with Crippen molar-refractivity contribution in [3.63, 3.8) is 0 Å². The summed E-state index contributed by atoms with van der Waals surface area (Å²) in [6.07, 6.45) is 0.623. The zero-order valence-corrected chi connectivity index (χ0v) is 27.1. The Kier molecular flexibility index (Phi) is 7.52. The highest BCUT2D eigenvalue weighted by Gasteiger charge is 2.54. The smallest absolute Gasteiger partial charge is 0.410 e. The molecule has 1 saturated carbocycles. The zero-order valence-electron chi connectivity index (χ0n) is 26.1. The number of nitrogens with zero attached hydrogens (tertiary/aromatic N) is 1. The fourth-order valence-corrected chi connectivity index (χ4v) is 8.13. The van der Waals surface area contributed by atoms with E-state index in [4.69, 9.17) is 14.1 Å². The SMILES string of the molecule is CC(C)c1nc2c(c3c1[C@@H](c1ccc(OC(F)(F)F)cc1)OC31CCCC1)C(O[Si](C)(C)C(C)(C)C)CC(C)(C)C2. The lowest BCUT2D eigenvalue weighted by Crippen LogP contribution is -2.44. The van der Waals surface area contributed by atoms with Gasteiger partial charge < -0.3 is 13.9 Å². The summed E-state index contributed by atoms with van der Waals surface area (Å²) >= 11 is 0. The van der Waals surface area contributed by atoms with Gasteiger partial charge in [0.15, 0.2) is 8.32 Å². The van der Waals surface area contributed by atoms with E-state index in [-0.39, 0.29) is 28.2 Å². The molecule has 0 N–H and O–H groups in total. The maximum Gasteiger partial charge on any atom is 0.573 e. The molecule has 0 amide bonds. The van der Waals surface area contributed by atoms with Gasteiger partial charge in [0.2, 0.25) is 0 Å². The average Bonchev–Trinajstić information content (AvgIpc) is 3.41. The molecule has 3 aliphatic rings. The Morgan fingerprint density at radius 3 is 2.15 bits per heavy atom. The molecule has 226 valence electrons. The normalized spacial score (nSPS) is 23.6. The molecule has 0 saturated heterocycles. The molecule has 1 unspecified atom stereocenters. The molecule has 0 radical (unpaired) electrons. The maximum absolute atomic E-state index is 12.9. The van der Waals surface area contributed by atoms with Crippen molar-refractivity contribution in [2.75, 3.05) is 0 Å². The van der Waals surface area contributed by atoms with E-state index in [1.807, 2.05) is 0 Å². The van der Waals surface area contributed by atoms with Crippen molar-refractivity contribution in [1.29, 1.82) is 0 Å². The van der Waals surface area contributed by atoms with Crippen molar-refractivity contribution in [3.8, 4) is 5.75 Å². The summed E-state index contributed by atoms with van der Waals surface area (Å²) in [6, 6.07) is 6.19. The monoisotopic (exact) mass is 589 g/mol. The van der Waals surface area contributed by atoms with Crippen LogP contribution in [-0.2, 0) is 21.2 Å². The Balaban J connectivity index is 1.71. The lowest BCUT2D eigenvalue weighted by molar-refractivity contribution is -0.274. The van der Waals surface area contributed by atoms with E-state index in [0.717, 1.165) is 61.0 Å². The average molecular weight is 590 g/mol. The maximum atomic E-state index is 12.9. The molecule has 2 aromatic rings. The van der Waals surface area contributed by atoms with Gasteiger partial charge in [-0.15, -0.1) is 13.2 Å². The molecule has 1 aromatic carbocycles. The first kappa shape index (κ1) is 30.6. The van der Waals surface area contributed by atoms with E-state index >= 15 is 0 Å². The van der Waals surface area contributed by atoms with Gasteiger partial charge in [0.25, 0.3) is 0 Å². The number of aromatic nitrogens is 1.